The van der Waals surface area contributed by atoms with Gasteiger partial charge in [0, 0.05) is 12.5 Å². The maximum absolute atomic E-state index is 5.90. The van der Waals surface area contributed by atoms with E-state index in [1.165, 1.54) is 32.1 Å². The first-order valence-corrected chi connectivity index (χ1v) is 8.48. The van der Waals surface area contributed by atoms with Gasteiger partial charge in [-0.25, -0.2) is 0 Å². The summed E-state index contributed by atoms with van der Waals surface area (Å²) in [6.45, 7) is 0. The lowest BCUT2D eigenvalue weighted by Crippen LogP contribution is -2.34. The monoisotopic (exact) mass is 291 g/mol. The lowest BCUT2D eigenvalue weighted by Gasteiger charge is -2.21. The van der Waals surface area contributed by atoms with Gasteiger partial charge in [0.1, 0.15) is 0 Å². The molecule has 2 bridgehead atoms. The van der Waals surface area contributed by atoms with Crippen molar-refractivity contribution < 1.29 is 9.26 Å². The Morgan fingerprint density at radius 1 is 1.24 bits per heavy atom. The fraction of sp³-hybridized carbons (Fsp3) is 0.875. The van der Waals surface area contributed by atoms with Gasteiger partial charge in [-0.15, -0.1) is 0 Å². The summed E-state index contributed by atoms with van der Waals surface area (Å²) in [6, 6.07) is 0.470. The molecule has 5 nitrogen and oxygen atoms in total. The second-order valence-corrected chi connectivity index (χ2v) is 6.91. The first-order valence-electron chi connectivity index (χ1n) is 8.48. The van der Waals surface area contributed by atoms with E-state index in [1.54, 1.807) is 0 Å². The third-order valence-corrected chi connectivity index (χ3v) is 5.66. The fourth-order valence-corrected chi connectivity index (χ4v) is 4.46. The van der Waals surface area contributed by atoms with Crippen molar-refractivity contribution in [3.63, 3.8) is 0 Å². The molecule has 1 saturated carbocycles. The molecule has 116 valence electrons. The predicted molar refractivity (Wildman–Crippen MR) is 78.1 cm³/mol. The van der Waals surface area contributed by atoms with Crippen molar-refractivity contribution in [3.05, 3.63) is 11.7 Å². The molecule has 1 N–H and O–H groups in total. The quantitative estimate of drug-likeness (QED) is 0.903. The Balaban J connectivity index is 1.42. The van der Waals surface area contributed by atoms with Crippen LogP contribution >= 0.6 is 0 Å². The smallest absolute Gasteiger partial charge is 0.228 e. The average molecular weight is 291 g/mol. The van der Waals surface area contributed by atoms with E-state index in [2.05, 4.69) is 15.5 Å². The second kappa shape index (κ2) is 5.69. The molecule has 3 heterocycles. The minimum atomic E-state index is 0.329. The van der Waals surface area contributed by atoms with Crippen molar-refractivity contribution in [2.75, 3.05) is 7.05 Å². The van der Waals surface area contributed by atoms with Crippen LogP contribution in [0, 0.1) is 5.92 Å². The second-order valence-electron chi connectivity index (χ2n) is 6.91. The summed E-state index contributed by atoms with van der Waals surface area (Å²) in [5.41, 5.74) is 0. The van der Waals surface area contributed by atoms with Crippen LogP contribution in [0.2, 0.25) is 0 Å². The molecule has 0 spiro atoms. The summed E-state index contributed by atoms with van der Waals surface area (Å²) in [5.74, 6) is 2.79. The summed E-state index contributed by atoms with van der Waals surface area (Å²) < 4.78 is 11.4. The van der Waals surface area contributed by atoms with Crippen LogP contribution in [0.5, 0.6) is 0 Å². The van der Waals surface area contributed by atoms with Crippen molar-refractivity contribution in [1.29, 1.82) is 0 Å². The lowest BCUT2D eigenvalue weighted by atomic mass is 9.89. The summed E-state index contributed by atoms with van der Waals surface area (Å²) in [7, 11) is 2.05. The van der Waals surface area contributed by atoms with E-state index in [0.717, 1.165) is 36.9 Å². The Morgan fingerprint density at radius 3 is 2.76 bits per heavy atom. The number of likely N-dealkylation sites (N-methyl/N-ethyl adjacent to an activating group) is 1. The topological polar surface area (TPSA) is 60.2 Å². The average Bonchev–Trinajstić information content (AvgIpc) is 3.28. The molecule has 0 amide bonds. The number of fused-ring (bicyclic) bond motifs is 2. The lowest BCUT2D eigenvalue weighted by molar-refractivity contribution is 0.0996. The van der Waals surface area contributed by atoms with Crippen molar-refractivity contribution in [3.8, 4) is 0 Å². The third-order valence-electron chi connectivity index (χ3n) is 5.66. The van der Waals surface area contributed by atoms with Gasteiger partial charge in [0.25, 0.3) is 0 Å². The molecule has 4 rings (SSSR count). The molecule has 2 aliphatic heterocycles. The molecule has 0 aromatic carbocycles. The summed E-state index contributed by atoms with van der Waals surface area (Å²) in [4.78, 5) is 4.67. The zero-order valence-electron chi connectivity index (χ0n) is 12.8. The Kier molecular flexibility index (Phi) is 3.71. The highest BCUT2D eigenvalue weighted by Gasteiger charge is 2.43. The van der Waals surface area contributed by atoms with Crippen molar-refractivity contribution in [2.24, 2.45) is 5.92 Å². The Morgan fingerprint density at radius 2 is 2.10 bits per heavy atom. The van der Waals surface area contributed by atoms with Crippen molar-refractivity contribution >= 4 is 0 Å². The summed E-state index contributed by atoms with van der Waals surface area (Å²) in [5, 5.41) is 7.68. The maximum atomic E-state index is 5.90. The maximum Gasteiger partial charge on any atom is 0.228 e. The Hall–Kier alpha value is -0.940. The van der Waals surface area contributed by atoms with Gasteiger partial charge < -0.3 is 14.6 Å². The van der Waals surface area contributed by atoms with Crippen LogP contribution in [-0.4, -0.2) is 35.4 Å². The highest BCUT2D eigenvalue weighted by Crippen LogP contribution is 2.43. The van der Waals surface area contributed by atoms with Gasteiger partial charge in [0.2, 0.25) is 5.89 Å². The number of aromatic nitrogens is 2. The van der Waals surface area contributed by atoms with Gasteiger partial charge in [-0.05, 0) is 45.1 Å². The first-order chi connectivity index (χ1) is 10.3. The SMILES string of the molecule is CNC(Cc1nc(C2CC3CCC2O3)no1)C1CCCC1. The minimum Gasteiger partial charge on any atom is -0.374 e. The van der Waals surface area contributed by atoms with Gasteiger partial charge in [0.05, 0.1) is 18.1 Å². The fourth-order valence-electron chi connectivity index (χ4n) is 4.46. The molecule has 4 unspecified atom stereocenters. The molecule has 1 aliphatic carbocycles. The summed E-state index contributed by atoms with van der Waals surface area (Å²) >= 11 is 0. The van der Waals surface area contributed by atoms with Gasteiger partial charge in [-0.2, -0.15) is 4.98 Å². The van der Waals surface area contributed by atoms with Crippen molar-refractivity contribution in [2.45, 2.75) is 75.5 Å². The van der Waals surface area contributed by atoms with Crippen LogP contribution in [0.4, 0.5) is 0 Å². The van der Waals surface area contributed by atoms with Crippen LogP contribution in [0.25, 0.3) is 0 Å². The zero-order valence-corrected chi connectivity index (χ0v) is 12.8. The molecule has 1 aromatic heterocycles. The van der Waals surface area contributed by atoms with Crippen LogP contribution in [0.3, 0.4) is 0 Å². The van der Waals surface area contributed by atoms with E-state index in [-0.39, 0.29) is 0 Å². The normalized spacial score (nSPS) is 33.9. The number of nitrogens with zero attached hydrogens (tertiary/aromatic N) is 2. The van der Waals surface area contributed by atoms with Crippen LogP contribution < -0.4 is 5.32 Å². The minimum absolute atomic E-state index is 0.329. The Bertz CT molecular complexity index is 484. The molecule has 4 atom stereocenters. The number of hydrogen-bond donors (Lipinski definition) is 1. The van der Waals surface area contributed by atoms with E-state index in [0.29, 0.717) is 24.2 Å². The standard InChI is InChI=1S/C16H25N3O2/c1-17-13(10-4-2-3-5-10)9-15-18-16(19-21-15)12-8-11-6-7-14(12)20-11/h10-14,17H,2-9H2,1H3. The molecule has 21 heavy (non-hydrogen) atoms. The van der Waals surface area contributed by atoms with Gasteiger partial charge >= 0.3 is 0 Å². The first kappa shape index (κ1) is 13.7. The van der Waals surface area contributed by atoms with E-state index < -0.39 is 0 Å². The van der Waals surface area contributed by atoms with Crippen LogP contribution in [0.15, 0.2) is 4.52 Å². The molecule has 0 radical (unpaired) electrons. The third kappa shape index (κ3) is 2.61. The molecule has 1 aromatic rings. The zero-order chi connectivity index (χ0) is 14.2. The van der Waals surface area contributed by atoms with E-state index >= 15 is 0 Å². The van der Waals surface area contributed by atoms with Gasteiger partial charge in [0.15, 0.2) is 5.82 Å². The molecule has 5 heteroatoms. The number of hydrogen-bond acceptors (Lipinski definition) is 5. The number of rotatable bonds is 5. The van der Waals surface area contributed by atoms with Crippen LogP contribution in [-0.2, 0) is 11.2 Å². The molecule has 2 saturated heterocycles. The largest absolute Gasteiger partial charge is 0.374 e. The predicted octanol–water partition coefficient (Wildman–Crippen LogP) is 2.43. The molecule has 3 fully saturated rings. The molecular formula is C16H25N3O2. The van der Waals surface area contributed by atoms with Gasteiger partial charge in [-0.3, -0.25) is 0 Å². The summed E-state index contributed by atoms with van der Waals surface area (Å²) in [6.07, 6.45) is 10.4. The van der Waals surface area contributed by atoms with E-state index in [9.17, 15) is 0 Å². The molecular weight excluding hydrogens is 266 g/mol. The van der Waals surface area contributed by atoms with E-state index in [4.69, 9.17) is 9.26 Å². The Labute approximate surface area is 125 Å². The number of nitrogens with one attached hydrogen (secondary N) is 1. The van der Waals surface area contributed by atoms with Crippen LogP contribution in [0.1, 0.15) is 62.6 Å². The number of ether oxygens (including phenoxy) is 1. The van der Waals surface area contributed by atoms with Gasteiger partial charge in [-0.1, -0.05) is 18.0 Å². The highest BCUT2D eigenvalue weighted by atomic mass is 16.5. The van der Waals surface area contributed by atoms with E-state index in [1.807, 2.05) is 7.05 Å². The van der Waals surface area contributed by atoms with Crippen molar-refractivity contribution in [1.82, 2.24) is 15.5 Å². The highest BCUT2D eigenvalue weighted by molar-refractivity contribution is 5.07. The molecule has 3 aliphatic rings.